The zero-order chi connectivity index (χ0) is 14.9. The van der Waals surface area contributed by atoms with Gasteiger partial charge in [-0.3, -0.25) is 9.59 Å². The van der Waals surface area contributed by atoms with Gasteiger partial charge in [-0.1, -0.05) is 19.9 Å². The molecule has 1 aromatic carbocycles. The summed E-state index contributed by atoms with van der Waals surface area (Å²) in [6.45, 7) is 3.43. The second-order valence-electron chi connectivity index (χ2n) is 5.70. The van der Waals surface area contributed by atoms with E-state index in [0.29, 0.717) is 5.52 Å². The highest BCUT2D eigenvalue weighted by Crippen LogP contribution is 2.30. The van der Waals surface area contributed by atoms with Gasteiger partial charge < -0.3 is 10.1 Å². The molecule has 0 fully saturated rings. The lowest BCUT2D eigenvalue weighted by Crippen LogP contribution is -2.21. The second-order valence-corrected chi connectivity index (χ2v) is 5.70. The monoisotopic (exact) mass is 277 g/mol. The molecule has 0 radical (unpaired) electrons. The van der Waals surface area contributed by atoms with Gasteiger partial charge in [0.2, 0.25) is 0 Å². The maximum absolute atomic E-state index is 13.8. The van der Waals surface area contributed by atoms with Gasteiger partial charge in [0, 0.05) is 29.1 Å². The van der Waals surface area contributed by atoms with Crippen LogP contribution in [0.5, 0.6) is 0 Å². The molecule has 0 bridgehead atoms. The van der Waals surface area contributed by atoms with E-state index in [4.69, 9.17) is 5.11 Å². The van der Waals surface area contributed by atoms with Crippen LogP contribution in [-0.2, 0) is 4.79 Å². The highest BCUT2D eigenvalue weighted by molar-refractivity contribution is 6.08. The van der Waals surface area contributed by atoms with E-state index in [2.05, 4.69) is 4.98 Å². The first kappa shape index (κ1) is 14.2. The number of hydrogen-bond donors (Lipinski definition) is 2. The van der Waals surface area contributed by atoms with Crippen LogP contribution in [-0.4, -0.2) is 21.8 Å². The molecule has 2 aromatic rings. The number of H-pyrrole nitrogens is 1. The fraction of sp³-hybridized carbons (Fsp3) is 0.333. The number of aromatic nitrogens is 1. The van der Waals surface area contributed by atoms with Gasteiger partial charge in [0.25, 0.3) is 0 Å². The predicted molar refractivity (Wildman–Crippen MR) is 73.2 cm³/mol. The summed E-state index contributed by atoms with van der Waals surface area (Å²) in [5.74, 6) is -1.66. The zero-order valence-corrected chi connectivity index (χ0v) is 11.4. The fourth-order valence-corrected chi connectivity index (χ4v) is 2.36. The standard InChI is InChI=1S/C15H16FNO3/c1-15(2,7-13(19)20)6-12(18)9-8-17-11-5-3-4-10(16)14(9)11/h3-5,8,17H,6-7H2,1-2H3,(H,19,20). The van der Waals surface area contributed by atoms with Crippen LogP contribution in [0.2, 0.25) is 0 Å². The lowest BCUT2D eigenvalue weighted by atomic mass is 9.82. The van der Waals surface area contributed by atoms with Crippen LogP contribution in [0, 0.1) is 11.2 Å². The third-order valence-corrected chi connectivity index (χ3v) is 3.22. The van der Waals surface area contributed by atoms with Gasteiger partial charge in [0.05, 0.1) is 6.42 Å². The number of carboxylic acids is 1. The molecule has 0 aliphatic heterocycles. The summed E-state index contributed by atoms with van der Waals surface area (Å²) in [7, 11) is 0. The third-order valence-electron chi connectivity index (χ3n) is 3.22. The van der Waals surface area contributed by atoms with Crippen molar-refractivity contribution in [3.63, 3.8) is 0 Å². The number of aliphatic carboxylic acids is 1. The number of benzene rings is 1. The lowest BCUT2D eigenvalue weighted by Gasteiger charge is -2.21. The average Bonchev–Trinajstić information content (AvgIpc) is 2.71. The Morgan fingerprint density at radius 3 is 2.65 bits per heavy atom. The van der Waals surface area contributed by atoms with Crippen LogP contribution < -0.4 is 0 Å². The largest absolute Gasteiger partial charge is 0.481 e. The summed E-state index contributed by atoms with van der Waals surface area (Å²) in [6, 6.07) is 4.56. The predicted octanol–water partition coefficient (Wildman–Crippen LogP) is 3.38. The molecule has 0 spiro atoms. The number of aromatic amines is 1. The highest BCUT2D eigenvalue weighted by Gasteiger charge is 2.27. The number of fused-ring (bicyclic) bond motifs is 1. The Bertz CT molecular complexity index is 673. The molecule has 2 rings (SSSR count). The summed E-state index contributed by atoms with van der Waals surface area (Å²) in [6.07, 6.45) is 1.43. The van der Waals surface area contributed by atoms with Gasteiger partial charge in [-0.2, -0.15) is 0 Å². The summed E-state index contributed by atoms with van der Waals surface area (Å²) < 4.78 is 13.8. The molecule has 0 atom stereocenters. The first-order valence-corrected chi connectivity index (χ1v) is 6.31. The van der Waals surface area contributed by atoms with Gasteiger partial charge in [0.1, 0.15) is 5.82 Å². The summed E-state index contributed by atoms with van der Waals surface area (Å²) in [4.78, 5) is 25.9. The summed E-state index contributed by atoms with van der Waals surface area (Å²) >= 11 is 0. The smallest absolute Gasteiger partial charge is 0.303 e. The Balaban J connectivity index is 2.31. The van der Waals surface area contributed by atoms with Crippen molar-refractivity contribution < 1.29 is 19.1 Å². The Hall–Kier alpha value is -2.17. The molecule has 0 saturated carbocycles. The van der Waals surface area contributed by atoms with Gasteiger partial charge in [-0.25, -0.2) is 4.39 Å². The number of carbonyl (C=O) groups excluding carboxylic acids is 1. The Labute approximate surface area is 115 Å². The van der Waals surface area contributed by atoms with E-state index in [-0.39, 0.29) is 29.6 Å². The molecule has 2 N–H and O–H groups in total. The Morgan fingerprint density at radius 1 is 1.30 bits per heavy atom. The van der Waals surface area contributed by atoms with E-state index in [9.17, 15) is 14.0 Å². The third kappa shape index (κ3) is 2.87. The van der Waals surface area contributed by atoms with Crippen molar-refractivity contribution in [2.75, 3.05) is 0 Å². The molecule has 1 aromatic heterocycles. The molecule has 0 saturated heterocycles. The normalized spacial score (nSPS) is 11.8. The zero-order valence-electron chi connectivity index (χ0n) is 11.4. The Kier molecular flexibility index (Phi) is 3.61. The fourth-order valence-electron chi connectivity index (χ4n) is 2.36. The topological polar surface area (TPSA) is 70.2 Å². The van der Waals surface area contributed by atoms with Crippen LogP contribution >= 0.6 is 0 Å². The van der Waals surface area contributed by atoms with Gasteiger partial charge >= 0.3 is 5.97 Å². The van der Waals surface area contributed by atoms with E-state index in [1.807, 2.05) is 0 Å². The average molecular weight is 277 g/mol. The van der Waals surface area contributed by atoms with Crippen LogP contribution in [0.3, 0.4) is 0 Å². The number of rotatable bonds is 5. The molecular formula is C15H16FNO3. The number of ketones is 1. The van der Waals surface area contributed by atoms with Crippen molar-refractivity contribution in [2.45, 2.75) is 26.7 Å². The number of hydrogen-bond acceptors (Lipinski definition) is 2. The first-order valence-electron chi connectivity index (χ1n) is 6.31. The summed E-state index contributed by atoms with van der Waals surface area (Å²) in [5, 5.41) is 9.10. The van der Waals surface area contributed by atoms with Crippen molar-refractivity contribution in [2.24, 2.45) is 5.41 Å². The van der Waals surface area contributed by atoms with Crippen molar-refractivity contribution in [3.8, 4) is 0 Å². The van der Waals surface area contributed by atoms with Crippen LogP contribution in [0.4, 0.5) is 4.39 Å². The van der Waals surface area contributed by atoms with E-state index in [0.717, 1.165) is 0 Å². The minimum absolute atomic E-state index is 0.0561. The van der Waals surface area contributed by atoms with Crippen LogP contribution in [0.1, 0.15) is 37.0 Å². The molecule has 0 unspecified atom stereocenters. The quantitative estimate of drug-likeness (QED) is 0.823. The van der Waals surface area contributed by atoms with Crippen molar-refractivity contribution in [1.82, 2.24) is 4.98 Å². The van der Waals surface area contributed by atoms with Crippen molar-refractivity contribution >= 4 is 22.7 Å². The van der Waals surface area contributed by atoms with E-state index in [1.54, 1.807) is 26.0 Å². The number of halogens is 1. The maximum atomic E-state index is 13.8. The van der Waals surface area contributed by atoms with Crippen molar-refractivity contribution in [3.05, 3.63) is 35.8 Å². The molecule has 4 nitrogen and oxygen atoms in total. The molecule has 5 heteroatoms. The molecule has 106 valence electrons. The van der Waals surface area contributed by atoms with Crippen molar-refractivity contribution in [1.29, 1.82) is 0 Å². The molecule has 0 amide bonds. The number of nitrogens with one attached hydrogen (secondary N) is 1. The number of carbonyl (C=O) groups is 2. The van der Waals surface area contributed by atoms with E-state index >= 15 is 0 Å². The van der Waals surface area contributed by atoms with Gasteiger partial charge in [0.15, 0.2) is 5.78 Å². The van der Waals surface area contributed by atoms with Crippen LogP contribution in [0.15, 0.2) is 24.4 Å². The number of Topliss-reactive ketones (excluding diaryl/α,β-unsaturated/α-hetero) is 1. The number of carboxylic acid groups (broad SMARTS) is 1. The SMILES string of the molecule is CC(C)(CC(=O)O)CC(=O)c1c[nH]c2cccc(F)c12. The molecule has 0 aliphatic rings. The van der Waals surface area contributed by atoms with Crippen LogP contribution in [0.25, 0.3) is 10.9 Å². The minimum Gasteiger partial charge on any atom is -0.481 e. The van der Waals surface area contributed by atoms with Gasteiger partial charge in [-0.15, -0.1) is 0 Å². The lowest BCUT2D eigenvalue weighted by molar-refractivity contribution is -0.139. The molecule has 0 aliphatic carbocycles. The Morgan fingerprint density at radius 2 is 2.00 bits per heavy atom. The van der Waals surface area contributed by atoms with E-state index < -0.39 is 17.2 Å². The molecule has 20 heavy (non-hydrogen) atoms. The van der Waals surface area contributed by atoms with E-state index in [1.165, 1.54) is 12.3 Å². The minimum atomic E-state index is -0.951. The maximum Gasteiger partial charge on any atom is 0.303 e. The van der Waals surface area contributed by atoms with Gasteiger partial charge in [-0.05, 0) is 17.5 Å². The molecular weight excluding hydrogens is 261 g/mol. The highest BCUT2D eigenvalue weighted by atomic mass is 19.1. The molecule has 1 heterocycles. The summed E-state index contributed by atoms with van der Waals surface area (Å²) in [5.41, 5.74) is 0.165. The first-order chi connectivity index (χ1) is 9.30. The second kappa shape index (κ2) is 5.07.